The maximum atomic E-state index is 6.78. The first kappa shape index (κ1) is 27.6. The molecule has 6 aromatic rings. The van der Waals surface area contributed by atoms with Crippen LogP contribution in [0.2, 0.25) is 0 Å². The third-order valence-corrected chi connectivity index (χ3v) is 7.66. The van der Waals surface area contributed by atoms with E-state index in [2.05, 4.69) is 4.98 Å². The van der Waals surface area contributed by atoms with Gasteiger partial charge in [0.15, 0.2) is 0 Å². The second-order valence-electron chi connectivity index (χ2n) is 9.68. The van der Waals surface area contributed by atoms with Crippen LogP contribution in [0.5, 0.6) is 0 Å². The summed E-state index contributed by atoms with van der Waals surface area (Å²) in [6.45, 7) is 0. The van der Waals surface area contributed by atoms with Crippen molar-refractivity contribution in [1.29, 1.82) is 0 Å². The van der Waals surface area contributed by atoms with Crippen LogP contribution in [0.3, 0.4) is 0 Å². The van der Waals surface area contributed by atoms with Crippen LogP contribution in [0.1, 0.15) is 0 Å². The number of hydrogen-bond donors (Lipinski definition) is 1. The highest BCUT2D eigenvalue weighted by molar-refractivity contribution is 6.71. The number of nitrogens with one attached hydrogen (secondary N) is 1. The van der Waals surface area contributed by atoms with Crippen molar-refractivity contribution in [2.24, 2.45) is 0 Å². The first-order valence-electron chi connectivity index (χ1n) is 11.7. The minimum Gasteiger partial charge on any atom is -0.457 e. The highest BCUT2D eigenvalue weighted by atomic mass is 16.3. The second-order valence-corrected chi connectivity index (χ2v) is 9.68. The van der Waals surface area contributed by atoms with Crippen LogP contribution in [0.15, 0.2) is 4.42 Å². The number of H-pyrrole nitrogens is 1. The largest absolute Gasteiger partial charge is 0.457 e. The van der Waals surface area contributed by atoms with E-state index in [0.29, 0.717) is 27.2 Å². The molecule has 0 fully saturated rings. The second kappa shape index (κ2) is 8.94. The van der Waals surface area contributed by atoms with Crippen LogP contribution < -0.4 is 76.5 Å². The van der Waals surface area contributed by atoms with Crippen LogP contribution in [0.25, 0.3) is 54.9 Å². The standard InChI is InChI=1S/C24HB14NO/c25-7-1(9(27)17(35)21-3(7)4-11(29)13(31)15(33)18(36)22(4)39-21)2-8(26)5-6-12(30)14(32)16(34)20(38)24(6)40-23(5)19(37)10(2)28/h39H. The number of fused-ring (bicyclic) bond motifs is 6. The average molecular weight is 471 g/mol. The highest BCUT2D eigenvalue weighted by Gasteiger charge is 2.25. The smallest absolute Gasteiger partial charge is 0.127 e. The predicted molar refractivity (Wildman–Crippen MR) is 184 cm³/mol. The van der Waals surface area contributed by atoms with Gasteiger partial charge in [0, 0.05) is 21.8 Å². The van der Waals surface area contributed by atoms with E-state index >= 15 is 0 Å². The molecule has 4 aromatic carbocycles. The molecule has 28 radical (unpaired) electrons. The van der Waals surface area contributed by atoms with Crippen molar-refractivity contribution in [2.75, 3.05) is 0 Å². The maximum absolute atomic E-state index is 6.78. The minimum absolute atomic E-state index is 0.00961. The molecule has 2 heterocycles. The zero-order valence-electron chi connectivity index (χ0n) is 21.0. The predicted octanol–water partition coefficient (Wildman–Crippen LogP) is -10.00. The van der Waals surface area contributed by atoms with Gasteiger partial charge in [0.2, 0.25) is 0 Å². The van der Waals surface area contributed by atoms with Crippen molar-refractivity contribution in [3.63, 3.8) is 0 Å². The van der Waals surface area contributed by atoms with Gasteiger partial charge in [-0.3, -0.25) is 0 Å². The zero-order valence-corrected chi connectivity index (χ0v) is 21.0. The van der Waals surface area contributed by atoms with Gasteiger partial charge in [0.05, 0.1) is 0 Å². The molecule has 6 rings (SSSR count). The molecular formula is C24HB14NO. The van der Waals surface area contributed by atoms with Gasteiger partial charge < -0.3 is 9.40 Å². The molecule has 1 N–H and O–H groups in total. The van der Waals surface area contributed by atoms with E-state index in [1.165, 1.54) is 0 Å². The van der Waals surface area contributed by atoms with Crippen LogP contribution in [-0.4, -0.2) is 115 Å². The lowest BCUT2D eigenvalue weighted by atomic mass is 9.61. The summed E-state index contributed by atoms with van der Waals surface area (Å²) in [7, 11) is 89.1. The number of hydrogen-bond acceptors (Lipinski definition) is 1. The Bertz CT molecular complexity index is 2010. The summed E-state index contributed by atoms with van der Waals surface area (Å²) in [6.07, 6.45) is 0. The molecule has 16 heteroatoms. The van der Waals surface area contributed by atoms with Gasteiger partial charge in [0.25, 0.3) is 0 Å². The van der Waals surface area contributed by atoms with Crippen LogP contribution in [0, 0.1) is 0 Å². The van der Waals surface area contributed by atoms with E-state index in [4.69, 9.17) is 114 Å². The third kappa shape index (κ3) is 3.26. The van der Waals surface area contributed by atoms with E-state index in [-0.39, 0.29) is 104 Å². The Morgan fingerprint density at radius 3 is 1.18 bits per heavy atom. The number of aromatic nitrogens is 1. The van der Waals surface area contributed by atoms with Gasteiger partial charge in [-0.15, -0.1) is 21.9 Å². The van der Waals surface area contributed by atoms with E-state index in [1.54, 1.807) is 0 Å². The normalized spacial score (nSPS) is 11.9. The molecule has 0 atom stereocenters. The van der Waals surface area contributed by atoms with Gasteiger partial charge in [0.1, 0.15) is 121 Å². The van der Waals surface area contributed by atoms with Crippen molar-refractivity contribution in [2.45, 2.75) is 0 Å². The minimum atomic E-state index is 0.00961. The van der Waals surface area contributed by atoms with Crippen LogP contribution >= 0.6 is 0 Å². The number of rotatable bonds is 1. The molecule has 150 valence electrons. The lowest BCUT2D eigenvalue weighted by Gasteiger charge is -2.23. The first-order valence-corrected chi connectivity index (χ1v) is 11.7. The van der Waals surface area contributed by atoms with Gasteiger partial charge in [-0.05, 0) is 21.9 Å². The average Bonchev–Trinajstić information content (AvgIpc) is 3.53. The molecule has 0 amide bonds. The van der Waals surface area contributed by atoms with E-state index in [9.17, 15) is 0 Å². The molecule has 0 unspecified atom stereocenters. The Morgan fingerprint density at radius 2 is 0.625 bits per heavy atom. The maximum Gasteiger partial charge on any atom is 0.127 e. The lowest BCUT2D eigenvalue weighted by molar-refractivity contribution is 0.675. The molecule has 0 saturated heterocycles. The van der Waals surface area contributed by atoms with Crippen molar-refractivity contribution in [1.82, 2.24) is 4.98 Å². The molecule has 0 saturated carbocycles. The van der Waals surface area contributed by atoms with Gasteiger partial charge in [-0.1, -0.05) is 54.6 Å². The highest BCUT2D eigenvalue weighted by Crippen LogP contribution is 2.27. The van der Waals surface area contributed by atoms with E-state index < -0.39 is 0 Å². The van der Waals surface area contributed by atoms with Gasteiger partial charge >= 0.3 is 0 Å². The summed E-state index contributed by atoms with van der Waals surface area (Å²) < 4.78 is 5.96. The third-order valence-electron chi connectivity index (χ3n) is 7.66. The molecule has 0 spiro atoms. The Morgan fingerprint density at radius 1 is 0.300 bits per heavy atom. The Kier molecular flexibility index (Phi) is 6.16. The molecule has 0 aliphatic heterocycles. The first-order chi connectivity index (χ1) is 18.7. The number of aromatic amines is 1. The monoisotopic (exact) mass is 473 g/mol. The molecule has 0 aliphatic rings. The zero-order chi connectivity index (χ0) is 29.3. The fourth-order valence-corrected chi connectivity index (χ4v) is 5.48. The molecule has 0 bridgehead atoms. The topological polar surface area (TPSA) is 28.9 Å². The van der Waals surface area contributed by atoms with Crippen LogP contribution in [0.4, 0.5) is 0 Å². The lowest BCUT2D eigenvalue weighted by Crippen LogP contribution is -2.47. The molecule has 2 nitrogen and oxygen atoms in total. The summed E-state index contributed by atoms with van der Waals surface area (Å²) >= 11 is 0. The van der Waals surface area contributed by atoms with Crippen molar-refractivity contribution in [3.05, 3.63) is 0 Å². The quantitative estimate of drug-likeness (QED) is 0.238. The summed E-state index contributed by atoms with van der Waals surface area (Å²) in [4.78, 5) is 3.12. The van der Waals surface area contributed by atoms with Gasteiger partial charge in [-0.25, -0.2) is 0 Å². The van der Waals surface area contributed by atoms with Crippen LogP contribution in [-0.2, 0) is 0 Å². The van der Waals surface area contributed by atoms with E-state index in [1.807, 2.05) is 0 Å². The number of furan rings is 1. The van der Waals surface area contributed by atoms with Gasteiger partial charge in [-0.2, -0.15) is 0 Å². The summed E-state index contributed by atoms with van der Waals surface area (Å²) in [5.41, 5.74) is 2.49. The fraction of sp³-hybridized carbons (Fsp3) is 0. The molecular weight excluding hydrogens is 470 g/mol. The Hall–Kier alpha value is -2.61. The summed E-state index contributed by atoms with van der Waals surface area (Å²) in [5, 5.41) is 1.35. The molecule has 2 aromatic heterocycles. The number of benzene rings is 4. The summed E-state index contributed by atoms with van der Waals surface area (Å²) in [6, 6.07) is 0. The molecule has 40 heavy (non-hydrogen) atoms. The Balaban J connectivity index is 1.86. The summed E-state index contributed by atoms with van der Waals surface area (Å²) in [5.74, 6) is 0. The SMILES string of the molecule is [B]c1c([B])c([B])c2c([nH]c3c([B])c([B])c(-c4c([B])c([B])c5oc6c([B])c([B])c([B])c([B])c6c5c4[B])c([B])c32)c1[B]. The van der Waals surface area contributed by atoms with Crippen molar-refractivity contribution in [3.8, 4) is 11.1 Å². The van der Waals surface area contributed by atoms with Crippen molar-refractivity contribution < 1.29 is 4.42 Å². The van der Waals surface area contributed by atoms with Crippen molar-refractivity contribution >= 4 is 230 Å². The Labute approximate surface area is 249 Å². The van der Waals surface area contributed by atoms with E-state index in [0.717, 1.165) is 0 Å². The molecule has 0 aliphatic carbocycles. The fourth-order valence-electron chi connectivity index (χ4n) is 5.48.